The molecule has 0 bridgehead atoms. The second-order valence-corrected chi connectivity index (χ2v) is 7.62. The molecule has 1 amide bonds. The number of carbonyl (C=O) groups is 1. The van der Waals surface area contributed by atoms with Crippen LogP contribution in [0.2, 0.25) is 0 Å². The lowest BCUT2D eigenvalue weighted by molar-refractivity contribution is -0.122. The lowest BCUT2D eigenvalue weighted by Gasteiger charge is -2.12. The number of rotatable bonds is 10. The third kappa shape index (κ3) is 8.35. The summed E-state index contributed by atoms with van der Waals surface area (Å²) in [6.45, 7) is 3.58. The largest absolute Gasteiger partial charge is 0.351 e. The van der Waals surface area contributed by atoms with Gasteiger partial charge in [0.15, 0.2) is 0 Å². The van der Waals surface area contributed by atoms with Crippen LogP contribution in [0.4, 0.5) is 0 Å². The molecule has 0 aliphatic heterocycles. The van der Waals surface area contributed by atoms with Gasteiger partial charge in [-0.1, -0.05) is 66.6 Å². The Morgan fingerprint density at radius 3 is 2.59 bits per heavy atom. The van der Waals surface area contributed by atoms with Gasteiger partial charge in [-0.25, -0.2) is 0 Å². The summed E-state index contributed by atoms with van der Waals surface area (Å²) in [7, 11) is 0. The first kappa shape index (κ1) is 25.4. The van der Waals surface area contributed by atoms with Crippen molar-refractivity contribution in [2.45, 2.75) is 57.2 Å². The third-order valence-corrected chi connectivity index (χ3v) is 5.25. The smallest absolute Gasteiger partial charge is 0.237 e. The highest BCUT2D eigenvalue weighted by molar-refractivity contribution is 5.85. The molecule has 2 aromatic rings. The standard InChI is InChI=1S/C23H31N3O.2ClH/c1-17-8-7-9-18(14-17)16-26-23(27)21(24)12-5-6-13-25-22-15-20(22)19-10-3-2-4-11-19;;/h2-4,7-11,14,20-22,25H,5-6,12-13,15-16,24H2,1H3,(H,26,27);2*1H/t20-,21?,22+;;/m0../s1. The second kappa shape index (κ2) is 12.9. The number of nitrogens with two attached hydrogens (primary N) is 1. The van der Waals surface area contributed by atoms with Crippen LogP contribution in [-0.4, -0.2) is 24.5 Å². The number of carbonyl (C=O) groups excluding carboxylic acids is 1. The molecular weight excluding hydrogens is 405 g/mol. The van der Waals surface area contributed by atoms with Crippen LogP contribution in [0, 0.1) is 6.92 Å². The van der Waals surface area contributed by atoms with Crippen molar-refractivity contribution in [3.8, 4) is 0 Å². The number of hydrogen-bond donors (Lipinski definition) is 3. The van der Waals surface area contributed by atoms with E-state index in [0.717, 1.165) is 31.4 Å². The zero-order chi connectivity index (χ0) is 19.1. The highest BCUT2D eigenvalue weighted by atomic mass is 35.5. The molecule has 1 fully saturated rings. The molecule has 0 heterocycles. The quantitative estimate of drug-likeness (QED) is 0.490. The maximum absolute atomic E-state index is 12.1. The van der Waals surface area contributed by atoms with Crippen molar-refractivity contribution in [1.29, 1.82) is 0 Å². The Hall–Kier alpha value is -1.59. The van der Waals surface area contributed by atoms with Crippen LogP contribution >= 0.6 is 24.8 Å². The van der Waals surface area contributed by atoms with E-state index in [-0.39, 0.29) is 30.7 Å². The van der Waals surface area contributed by atoms with Gasteiger partial charge in [-0.2, -0.15) is 0 Å². The van der Waals surface area contributed by atoms with E-state index >= 15 is 0 Å². The SMILES string of the molecule is Cc1cccc(CNC(=O)C(N)CCCCN[C@@H]2C[C@H]2c2ccccc2)c1.Cl.Cl. The summed E-state index contributed by atoms with van der Waals surface area (Å²) in [5.74, 6) is 0.608. The summed E-state index contributed by atoms with van der Waals surface area (Å²) in [6.07, 6.45) is 3.98. The lowest BCUT2D eigenvalue weighted by Crippen LogP contribution is -2.40. The number of unbranched alkanes of at least 4 members (excludes halogenated alkanes) is 1. The maximum atomic E-state index is 12.1. The number of amides is 1. The van der Waals surface area contributed by atoms with Crippen molar-refractivity contribution >= 4 is 30.7 Å². The fourth-order valence-electron chi connectivity index (χ4n) is 3.54. The maximum Gasteiger partial charge on any atom is 0.237 e. The molecule has 3 rings (SSSR count). The van der Waals surface area contributed by atoms with Gasteiger partial charge in [0, 0.05) is 18.5 Å². The molecule has 1 saturated carbocycles. The monoisotopic (exact) mass is 437 g/mol. The van der Waals surface area contributed by atoms with Crippen molar-refractivity contribution in [2.24, 2.45) is 5.73 Å². The van der Waals surface area contributed by atoms with Gasteiger partial charge >= 0.3 is 0 Å². The molecular formula is C23H33Cl2N3O. The Labute approximate surface area is 186 Å². The van der Waals surface area contributed by atoms with Gasteiger partial charge in [-0.3, -0.25) is 4.79 Å². The van der Waals surface area contributed by atoms with E-state index in [9.17, 15) is 4.79 Å². The second-order valence-electron chi connectivity index (χ2n) is 7.62. The molecule has 2 aromatic carbocycles. The zero-order valence-corrected chi connectivity index (χ0v) is 18.6. The zero-order valence-electron chi connectivity index (χ0n) is 17.0. The molecule has 6 heteroatoms. The van der Waals surface area contributed by atoms with Gasteiger partial charge in [-0.15, -0.1) is 24.8 Å². The number of hydrogen-bond acceptors (Lipinski definition) is 3. The average molecular weight is 438 g/mol. The van der Waals surface area contributed by atoms with Crippen molar-refractivity contribution in [3.05, 3.63) is 71.3 Å². The van der Waals surface area contributed by atoms with Gasteiger partial charge in [0.05, 0.1) is 6.04 Å². The van der Waals surface area contributed by atoms with Gasteiger partial charge in [-0.05, 0) is 43.9 Å². The van der Waals surface area contributed by atoms with Gasteiger partial charge in [0.2, 0.25) is 5.91 Å². The van der Waals surface area contributed by atoms with Gasteiger partial charge in [0.25, 0.3) is 0 Å². The Kier molecular flexibility index (Phi) is 11.3. The van der Waals surface area contributed by atoms with Gasteiger partial charge in [0.1, 0.15) is 0 Å². The molecule has 0 spiro atoms. The molecule has 4 nitrogen and oxygen atoms in total. The first-order valence-electron chi connectivity index (χ1n) is 10.0. The Bertz CT molecular complexity index is 742. The summed E-state index contributed by atoms with van der Waals surface area (Å²) in [4.78, 5) is 12.1. The normalized spacial score (nSPS) is 18.1. The fraction of sp³-hybridized carbons (Fsp3) is 0.435. The van der Waals surface area contributed by atoms with Crippen LogP contribution in [-0.2, 0) is 11.3 Å². The minimum atomic E-state index is -0.423. The minimum Gasteiger partial charge on any atom is -0.351 e. The average Bonchev–Trinajstić information content (AvgIpc) is 3.46. The van der Waals surface area contributed by atoms with Crippen LogP contribution in [0.1, 0.15) is 48.3 Å². The molecule has 160 valence electrons. The van der Waals surface area contributed by atoms with Crippen LogP contribution in [0.15, 0.2) is 54.6 Å². The van der Waals surface area contributed by atoms with Crippen LogP contribution in [0.25, 0.3) is 0 Å². The van der Waals surface area contributed by atoms with E-state index in [4.69, 9.17) is 5.73 Å². The molecule has 4 N–H and O–H groups in total. The molecule has 0 saturated heterocycles. The molecule has 0 aromatic heterocycles. The molecule has 1 aliphatic rings. The molecule has 1 unspecified atom stereocenters. The minimum absolute atomic E-state index is 0. The predicted molar refractivity (Wildman–Crippen MR) is 125 cm³/mol. The topological polar surface area (TPSA) is 67.2 Å². The Morgan fingerprint density at radius 1 is 1.10 bits per heavy atom. The summed E-state index contributed by atoms with van der Waals surface area (Å²) < 4.78 is 0. The number of aryl methyl sites for hydroxylation is 1. The molecule has 29 heavy (non-hydrogen) atoms. The summed E-state index contributed by atoms with van der Waals surface area (Å²) >= 11 is 0. The van der Waals surface area contributed by atoms with E-state index < -0.39 is 6.04 Å². The molecule has 0 radical (unpaired) electrons. The van der Waals surface area contributed by atoms with E-state index in [1.165, 1.54) is 17.5 Å². The first-order chi connectivity index (χ1) is 13.1. The molecule has 1 aliphatic carbocycles. The van der Waals surface area contributed by atoms with Crippen molar-refractivity contribution < 1.29 is 4.79 Å². The Balaban J connectivity index is 0.00000210. The van der Waals surface area contributed by atoms with Crippen molar-refractivity contribution in [1.82, 2.24) is 10.6 Å². The highest BCUT2D eigenvalue weighted by Crippen LogP contribution is 2.40. The summed E-state index contributed by atoms with van der Waals surface area (Å²) in [5, 5.41) is 6.56. The number of halogens is 2. The summed E-state index contributed by atoms with van der Waals surface area (Å²) in [6, 6.07) is 19.0. The van der Waals surface area contributed by atoms with Crippen LogP contribution in [0.3, 0.4) is 0 Å². The van der Waals surface area contributed by atoms with E-state index in [0.29, 0.717) is 18.5 Å². The predicted octanol–water partition coefficient (Wildman–Crippen LogP) is 4.10. The highest BCUT2D eigenvalue weighted by Gasteiger charge is 2.37. The summed E-state index contributed by atoms with van der Waals surface area (Å²) in [5.41, 5.74) is 9.77. The van der Waals surface area contributed by atoms with E-state index in [1.807, 2.05) is 12.1 Å². The van der Waals surface area contributed by atoms with Gasteiger partial charge < -0.3 is 16.4 Å². The van der Waals surface area contributed by atoms with Crippen molar-refractivity contribution in [2.75, 3.05) is 6.54 Å². The lowest BCUT2D eigenvalue weighted by atomic mass is 10.1. The third-order valence-electron chi connectivity index (χ3n) is 5.25. The van der Waals surface area contributed by atoms with Crippen molar-refractivity contribution in [3.63, 3.8) is 0 Å². The van der Waals surface area contributed by atoms with Crippen LogP contribution in [0.5, 0.6) is 0 Å². The van der Waals surface area contributed by atoms with Crippen LogP contribution < -0.4 is 16.4 Å². The first-order valence-corrected chi connectivity index (χ1v) is 10.0. The van der Waals surface area contributed by atoms with E-state index in [2.05, 4.69) is 60.0 Å². The number of nitrogens with one attached hydrogen (secondary N) is 2. The van der Waals surface area contributed by atoms with E-state index in [1.54, 1.807) is 0 Å². The number of benzene rings is 2. The molecule has 3 atom stereocenters. The Morgan fingerprint density at radius 2 is 1.86 bits per heavy atom. The fourth-order valence-corrected chi connectivity index (χ4v) is 3.54.